The predicted molar refractivity (Wildman–Crippen MR) is 114 cm³/mol. The van der Waals surface area contributed by atoms with Gasteiger partial charge in [-0.3, -0.25) is 0 Å². The molecule has 0 aliphatic heterocycles. The Morgan fingerprint density at radius 1 is 1.14 bits per heavy atom. The summed E-state index contributed by atoms with van der Waals surface area (Å²) < 4.78 is 4.41. The van der Waals surface area contributed by atoms with Crippen LogP contribution >= 0.6 is 0 Å². The zero-order valence-electron chi connectivity index (χ0n) is 16.6. The summed E-state index contributed by atoms with van der Waals surface area (Å²) in [7, 11) is 2.05. The van der Waals surface area contributed by atoms with E-state index in [1.54, 1.807) is 12.1 Å². The van der Waals surface area contributed by atoms with E-state index in [4.69, 9.17) is 4.98 Å². The van der Waals surface area contributed by atoms with Crippen molar-refractivity contribution in [3.05, 3.63) is 71.4 Å². The lowest BCUT2D eigenvalue weighted by atomic mass is 9.89. The number of fused-ring (bicyclic) bond motifs is 2. The van der Waals surface area contributed by atoms with Gasteiger partial charge < -0.3 is 14.2 Å². The molecule has 1 N–H and O–H groups in total. The summed E-state index contributed by atoms with van der Waals surface area (Å²) in [5, 5.41) is 9.26. The number of carboxylic acids is 1. The van der Waals surface area contributed by atoms with Crippen LogP contribution in [0.5, 0.6) is 0 Å². The van der Waals surface area contributed by atoms with Crippen molar-refractivity contribution in [2.24, 2.45) is 13.0 Å². The third-order valence-electron chi connectivity index (χ3n) is 6.02. The largest absolute Gasteiger partial charge is 0.478 e. The van der Waals surface area contributed by atoms with Crippen LogP contribution in [0.2, 0.25) is 0 Å². The molecule has 1 atom stereocenters. The summed E-state index contributed by atoms with van der Waals surface area (Å²) in [6.07, 6.45) is 3.24. The van der Waals surface area contributed by atoms with Gasteiger partial charge >= 0.3 is 5.97 Å². The monoisotopic (exact) mass is 385 g/mol. The number of aromatic carboxylic acids is 1. The minimum absolute atomic E-state index is 0.299. The number of imidazole rings is 1. The van der Waals surface area contributed by atoms with E-state index in [1.165, 1.54) is 11.3 Å². The molecule has 0 saturated carbocycles. The molecule has 5 nitrogen and oxygen atoms in total. The molecular weight excluding hydrogens is 362 g/mol. The summed E-state index contributed by atoms with van der Waals surface area (Å²) in [4.78, 5) is 16.2. The number of benzene rings is 2. The van der Waals surface area contributed by atoms with Crippen molar-refractivity contribution in [2.75, 3.05) is 0 Å². The van der Waals surface area contributed by atoms with Gasteiger partial charge in [0.2, 0.25) is 0 Å². The maximum Gasteiger partial charge on any atom is 0.335 e. The van der Waals surface area contributed by atoms with E-state index < -0.39 is 5.97 Å². The number of aromatic nitrogens is 3. The van der Waals surface area contributed by atoms with Gasteiger partial charge in [0.05, 0.1) is 22.3 Å². The van der Waals surface area contributed by atoms with E-state index in [-0.39, 0.29) is 0 Å². The summed E-state index contributed by atoms with van der Waals surface area (Å²) in [5.41, 5.74) is 7.10. The van der Waals surface area contributed by atoms with Crippen molar-refractivity contribution in [3.63, 3.8) is 0 Å². The molecule has 0 saturated heterocycles. The fraction of sp³-hybridized carbons (Fsp3) is 0.250. The molecule has 0 fully saturated rings. The molecule has 29 heavy (non-hydrogen) atoms. The minimum Gasteiger partial charge on any atom is -0.478 e. The van der Waals surface area contributed by atoms with Crippen molar-refractivity contribution in [2.45, 2.75) is 26.2 Å². The second-order valence-corrected chi connectivity index (χ2v) is 8.02. The van der Waals surface area contributed by atoms with Crippen LogP contribution in [0.3, 0.4) is 0 Å². The standard InChI is InChI=1S/C24H23N3O2/c1-15-7-12-20-17(13-15)14-22(23-25-19-5-3-4-6-21(19)26(23)2)27(20)18-10-8-16(9-11-18)24(28)29/h3-6,8-11,14-15H,7,12-13H2,1-2H3,(H,28,29). The lowest BCUT2D eigenvalue weighted by Gasteiger charge is -2.21. The van der Waals surface area contributed by atoms with E-state index >= 15 is 0 Å². The van der Waals surface area contributed by atoms with Crippen molar-refractivity contribution in [1.29, 1.82) is 0 Å². The first-order chi connectivity index (χ1) is 14.0. The number of hydrogen-bond acceptors (Lipinski definition) is 2. The van der Waals surface area contributed by atoms with Crippen LogP contribution in [0.25, 0.3) is 28.2 Å². The molecule has 1 aliphatic rings. The Hall–Kier alpha value is -3.34. The molecule has 1 aliphatic carbocycles. The highest BCUT2D eigenvalue weighted by atomic mass is 16.4. The first-order valence-electron chi connectivity index (χ1n) is 10.0. The van der Waals surface area contributed by atoms with Crippen LogP contribution in [0.1, 0.15) is 35.0 Å². The third kappa shape index (κ3) is 2.85. The number of hydrogen-bond donors (Lipinski definition) is 1. The smallest absolute Gasteiger partial charge is 0.335 e. The lowest BCUT2D eigenvalue weighted by Crippen LogP contribution is -2.13. The molecule has 146 valence electrons. The summed E-state index contributed by atoms with van der Waals surface area (Å²) in [5.74, 6) is 0.687. The Morgan fingerprint density at radius 2 is 1.90 bits per heavy atom. The van der Waals surface area contributed by atoms with Crippen LogP contribution in [0.15, 0.2) is 54.6 Å². The topological polar surface area (TPSA) is 60.0 Å². The van der Waals surface area contributed by atoms with Crippen LogP contribution in [0.4, 0.5) is 0 Å². The number of rotatable bonds is 3. The Labute approximate surface area is 169 Å². The van der Waals surface area contributed by atoms with Gasteiger partial charge in [0.25, 0.3) is 0 Å². The predicted octanol–water partition coefficient (Wildman–Crippen LogP) is 4.85. The zero-order valence-corrected chi connectivity index (χ0v) is 16.6. The SMILES string of the molecule is CC1CCc2c(cc(-c3nc4ccccc4n3C)n2-c2ccc(C(=O)O)cc2)C1. The first kappa shape index (κ1) is 17.7. The average Bonchev–Trinajstić information content (AvgIpc) is 3.25. The maximum absolute atomic E-state index is 11.3. The molecule has 0 radical (unpaired) electrons. The molecule has 0 amide bonds. The summed E-state index contributed by atoms with van der Waals surface area (Å²) in [6, 6.07) is 17.6. The Morgan fingerprint density at radius 3 is 2.62 bits per heavy atom. The second-order valence-electron chi connectivity index (χ2n) is 8.02. The molecule has 2 heterocycles. The molecule has 5 heteroatoms. The molecule has 4 aromatic rings. The number of carboxylic acid groups (broad SMARTS) is 1. The van der Waals surface area contributed by atoms with Crippen molar-refractivity contribution in [3.8, 4) is 17.2 Å². The van der Waals surface area contributed by atoms with Gasteiger partial charge in [-0.1, -0.05) is 19.1 Å². The van der Waals surface area contributed by atoms with Crippen molar-refractivity contribution >= 4 is 17.0 Å². The third-order valence-corrected chi connectivity index (χ3v) is 6.02. The van der Waals surface area contributed by atoms with Crippen LogP contribution in [-0.4, -0.2) is 25.2 Å². The van der Waals surface area contributed by atoms with E-state index in [1.807, 2.05) is 30.3 Å². The Balaban J connectivity index is 1.74. The fourth-order valence-electron chi connectivity index (χ4n) is 4.50. The molecule has 0 spiro atoms. The van der Waals surface area contributed by atoms with Crippen LogP contribution < -0.4 is 0 Å². The zero-order chi connectivity index (χ0) is 20.1. The van der Waals surface area contributed by atoms with Gasteiger partial charge in [-0.2, -0.15) is 0 Å². The molecule has 5 rings (SSSR count). The number of carbonyl (C=O) groups is 1. The second kappa shape index (κ2) is 6.62. The van der Waals surface area contributed by atoms with Crippen LogP contribution in [-0.2, 0) is 19.9 Å². The van der Waals surface area contributed by atoms with Crippen LogP contribution in [0, 0.1) is 5.92 Å². The molecule has 0 bridgehead atoms. The first-order valence-corrected chi connectivity index (χ1v) is 10.0. The van der Waals surface area contributed by atoms with Crippen molar-refractivity contribution in [1.82, 2.24) is 14.1 Å². The van der Waals surface area contributed by atoms with Gasteiger partial charge in [-0.05, 0) is 73.2 Å². The highest BCUT2D eigenvalue weighted by Gasteiger charge is 2.25. The highest BCUT2D eigenvalue weighted by molar-refractivity contribution is 5.88. The van der Waals surface area contributed by atoms with E-state index in [9.17, 15) is 9.90 Å². The lowest BCUT2D eigenvalue weighted by molar-refractivity contribution is 0.0697. The van der Waals surface area contributed by atoms with Gasteiger partial charge in [0, 0.05) is 18.4 Å². The van der Waals surface area contributed by atoms with E-state index in [0.717, 1.165) is 47.5 Å². The molecule has 2 aromatic heterocycles. The molecule has 2 aromatic carbocycles. The number of nitrogens with zero attached hydrogens (tertiary/aromatic N) is 3. The average molecular weight is 385 g/mol. The highest BCUT2D eigenvalue weighted by Crippen LogP contribution is 2.36. The van der Waals surface area contributed by atoms with E-state index in [0.29, 0.717) is 11.5 Å². The Bertz CT molecular complexity index is 1230. The van der Waals surface area contributed by atoms with Crippen molar-refractivity contribution < 1.29 is 9.90 Å². The quantitative estimate of drug-likeness (QED) is 0.548. The number of aryl methyl sites for hydroxylation is 1. The fourth-order valence-corrected chi connectivity index (χ4v) is 4.50. The van der Waals surface area contributed by atoms with Gasteiger partial charge in [0.15, 0.2) is 5.82 Å². The Kier molecular flexibility index (Phi) is 4.05. The van der Waals surface area contributed by atoms with Gasteiger partial charge in [-0.25, -0.2) is 9.78 Å². The molecule has 1 unspecified atom stereocenters. The maximum atomic E-state index is 11.3. The number of para-hydroxylation sites is 2. The minimum atomic E-state index is -0.907. The summed E-state index contributed by atoms with van der Waals surface area (Å²) in [6.45, 7) is 2.30. The normalized spacial score (nSPS) is 16.1. The van der Waals surface area contributed by atoms with Gasteiger partial charge in [-0.15, -0.1) is 0 Å². The van der Waals surface area contributed by atoms with Gasteiger partial charge in [0.1, 0.15) is 0 Å². The summed E-state index contributed by atoms with van der Waals surface area (Å²) >= 11 is 0. The van der Waals surface area contributed by atoms with E-state index in [2.05, 4.69) is 35.2 Å². The molecular formula is C24H23N3O2.